The van der Waals surface area contributed by atoms with Crippen LogP contribution >= 0.6 is 0 Å². The molecule has 0 saturated carbocycles. The Morgan fingerprint density at radius 2 is 1.80 bits per heavy atom. The predicted molar refractivity (Wildman–Crippen MR) is 64.1 cm³/mol. The van der Waals surface area contributed by atoms with E-state index in [1.165, 1.54) is 23.0 Å². The number of benzene rings is 1. The lowest BCUT2D eigenvalue weighted by Gasteiger charge is -2.07. The first-order chi connectivity index (χ1) is 9.16. The number of aromatic nitrogens is 2. The third-order valence-electron chi connectivity index (χ3n) is 2.56. The molecule has 0 amide bonds. The first kappa shape index (κ1) is 14.5. The van der Waals surface area contributed by atoms with Gasteiger partial charge in [0, 0.05) is 6.20 Å². The van der Waals surface area contributed by atoms with Crippen LogP contribution in [-0.4, -0.2) is 18.2 Å². The third-order valence-corrected chi connectivity index (χ3v) is 3.43. The van der Waals surface area contributed by atoms with Gasteiger partial charge in [0.25, 0.3) is 0 Å². The highest BCUT2D eigenvalue weighted by Crippen LogP contribution is 2.29. The van der Waals surface area contributed by atoms with Crippen molar-refractivity contribution in [3.8, 4) is 0 Å². The van der Waals surface area contributed by atoms with Crippen LogP contribution in [0.3, 0.4) is 0 Å². The Balaban J connectivity index is 2.17. The van der Waals surface area contributed by atoms with E-state index in [1.54, 1.807) is 0 Å². The maximum Gasteiger partial charge on any atom is 0.416 e. The minimum Gasteiger partial charge on any atom is -0.267 e. The molecule has 0 aliphatic carbocycles. The molecule has 0 radical (unpaired) electrons. The fourth-order valence-corrected chi connectivity index (χ4v) is 2.03. The SMILES string of the molecule is NS(=O)(=O)c1cnn(Cc2ccc(C(F)(F)F)cc2)c1. The summed E-state index contributed by atoms with van der Waals surface area (Å²) in [5.74, 6) is 0. The normalized spacial score (nSPS) is 12.6. The van der Waals surface area contributed by atoms with Crippen LogP contribution in [0.5, 0.6) is 0 Å². The van der Waals surface area contributed by atoms with E-state index in [4.69, 9.17) is 5.14 Å². The van der Waals surface area contributed by atoms with E-state index in [0.29, 0.717) is 5.56 Å². The highest BCUT2D eigenvalue weighted by molar-refractivity contribution is 7.89. The number of primary sulfonamides is 1. The van der Waals surface area contributed by atoms with Crippen molar-refractivity contribution >= 4 is 10.0 Å². The van der Waals surface area contributed by atoms with Crippen molar-refractivity contribution in [1.82, 2.24) is 9.78 Å². The summed E-state index contributed by atoms with van der Waals surface area (Å²) in [5.41, 5.74) is -0.186. The summed E-state index contributed by atoms with van der Waals surface area (Å²) in [4.78, 5) is -0.149. The summed E-state index contributed by atoms with van der Waals surface area (Å²) in [6.07, 6.45) is -2.09. The van der Waals surface area contributed by atoms with Crippen molar-refractivity contribution in [3.63, 3.8) is 0 Å². The second-order valence-corrected chi connectivity index (χ2v) is 5.67. The largest absolute Gasteiger partial charge is 0.416 e. The van der Waals surface area contributed by atoms with Crippen molar-refractivity contribution in [2.24, 2.45) is 5.14 Å². The zero-order valence-electron chi connectivity index (χ0n) is 10.0. The topological polar surface area (TPSA) is 78.0 Å². The Morgan fingerprint density at radius 3 is 2.25 bits per heavy atom. The van der Waals surface area contributed by atoms with E-state index in [0.717, 1.165) is 18.3 Å². The Bertz CT molecular complexity index is 705. The number of halogens is 3. The van der Waals surface area contributed by atoms with Crippen LogP contribution in [0.25, 0.3) is 0 Å². The smallest absolute Gasteiger partial charge is 0.267 e. The van der Waals surface area contributed by atoms with Crippen molar-refractivity contribution in [3.05, 3.63) is 47.8 Å². The van der Waals surface area contributed by atoms with Crippen molar-refractivity contribution in [2.75, 3.05) is 0 Å². The minimum absolute atomic E-state index is 0.146. The van der Waals surface area contributed by atoms with Gasteiger partial charge in [-0.05, 0) is 17.7 Å². The lowest BCUT2D eigenvalue weighted by Crippen LogP contribution is -2.11. The van der Waals surface area contributed by atoms with Gasteiger partial charge in [-0.1, -0.05) is 12.1 Å². The Labute approximate surface area is 112 Å². The summed E-state index contributed by atoms with van der Waals surface area (Å²) < 4.78 is 60.5. The molecule has 2 rings (SSSR count). The molecule has 1 aromatic carbocycles. The number of hydrogen-bond acceptors (Lipinski definition) is 3. The molecule has 108 valence electrons. The molecule has 1 heterocycles. The quantitative estimate of drug-likeness (QED) is 0.935. The number of hydrogen-bond donors (Lipinski definition) is 1. The summed E-state index contributed by atoms with van der Waals surface area (Å²) >= 11 is 0. The molecule has 0 unspecified atom stereocenters. The van der Waals surface area contributed by atoms with Crippen LogP contribution in [0.15, 0.2) is 41.6 Å². The van der Waals surface area contributed by atoms with Crippen molar-refractivity contribution in [1.29, 1.82) is 0 Å². The van der Waals surface area contributed by atoms with E-state index in [2.05, 4.69) is 5.10 Å². The van der Waals surface area contributed by atoms with Crippen LogP contribution in [0.4, 0.5) is 13.2 Å². The maximum atomic E-state index is 12.4. The monoisotopic (exact) mass is 305 g/mol. The van der Waals surface area contributed by atoms with Crippen molar-refractivity contribution in [2.45, 2.75) is 17.6 Å². The molecule has 0 spiro atoms. The van der Waals surface area contributed by atoms with E-state index in [-0.39, 0.29) is 11.4 Å². The fraction of sp³-hybridized carbons (Fsp3) is 0.182. The molecule has 20 heavy (non-hydrogen) atoms. The van der Waals surface area contributed by atoms with Gasteiger partial charge in [0.1, 0.15) is 4.90 Å². The summed E-state index contributed by atoms with van der Waals surface area (Å²) in [5, 5.41) is 8.71. The number of rotatable bonds is 3. The van der Waals surface area contributed by atoms with Gasteiger partial charge in [-0.25, -0.2) is 13.6 Å². The second-order valence-electron chi connectivity index (χ2n) is 4.11. The molecule has 0 atom stereocenters. The third kappa shape index (κ3) is 3.36. The van der Waals surface area contributed by atoms with Crippen LogP contribution in [0.2, 0.25) is 0 Å². The second kappa shape index (κ2) is 4.91. The van der Waals surface area contributed by atoms with Gasteiger partial charge in [-0.3, -0.25) is 4.68 Å². The molecule has 0 bridgehead atoms. The molecule has 9 heteroatoms. The van der Waals surface area contributed by atoms with E-state index in [1.807, 2.05) is 0 Å². The van der Waals surface area contributed by atoms with Gasteiger partial charge in [0.2, 0.25) is 10.0 Å². The van der Waals surface area contributed by atoms with Crippen LogP contribution < -0.4 is 5.14 Å². The average Bonchev–Trinajstić information content (AvgIpc) is 2.77. The van der Waals surface area contributed by atoms with Gasteiger partial charge in [0.15, 0.2) is 0 Å². The first-order valence-electron chi connectivity index (χ1n) is 5.38. The molecular formula is C11H10F3N3O2S. The molecule has 0 aliphatic heterocycles. The molecule has 2 aromatic rings. The number of sulfonamides is 1. The van der Waals surface area contributed by atoms with E-state index < -0.39 is 21.8 Å². The molecule has 0 saturated heterocycles. The lowest BCUT2D eigenvalue weighted by molar-refractivity contribution is -0.137. The van der Waals surface area contributed by atoms with Gasteiger partial charge >= 0.3 is 6.18 Å². The lowest BCUT2D eigenvalue weighted by atomic mass is 10.1. The zero-order chi connectivity index (χ0) is 15.0. The van der Waals surface area contributed by atoms with Crippen molar-refractivity contribution < 1.29 is 21.6 Å². The zero-order valence-corrected chi connectivity index (χ0v) is 10.8. The summed E-state index contributed by atoms with van der Waals surface area (Å²) in [7, 11) is -3.83. The molecule has 5 nitrogen and oxygen atoms in total. The fourth-order valence-electron chi connectivity index (χ4n) is 1.56. The van der Waals surface area contributed by atoms with Gasteiger partial charge < -0.3 is 0 Å². The first-order valence-corrected chi connectivity index (χ1v) is 6.92. The standard InChI is InChI=1S/C11H10F3N3O2S/c12-11(13,14)9-3-1-8(2-4-9)6-17-7-10(5-16-17)20(15,18)19/h1-5,7H,6H2,(H2,15,18,19). The Kier molecular flexibility index (Phi) is 3.57. The highest BCUT2D eigenvalue weighted by Gasteiger charge is 2.29. The summed E-state index contributed by atoms with van der Waals surface area (Å²) in [6.45, 7) is 0.146. The van der Waals surface area contributed by atoms with Crippen LogP contribution in [0, 0.1) is 0 Å². The average molecular weight is 305 g/mol. The van der Waals surface area contributed by atoms with Gasteiger partial charge in [-0.2, -0.15) is 18.3 Å². The predicted octanol–water partition coefficient (Wildman–Crippen LogP) is 1.60. The summed E-state index contributed by atoms with van der Waals surface area (Å²) in [6, 6.07) is 4.53. The molecule has 1 aromatic heterocycles. The van der Waals surface area contributed by atoms with E-state index >= 15 is 0 Å². The molecule has 0 aliphatic rings. The number of nitrogens with zero attached hydrogens (tertiary/aromatic N) is 2. The van der Waals surface area contributed by atoms with E-state index in [9.17, 15) is 21.6 Å². The Morgan fingerprint density at radius 1 is 1.20 bits per heavy atom. The van der Waals surface area contributed by atoms with Gasteiger partial charge in [-0.15, -0.1) is 0 Å². The number of alkyl halides is 3. The Hall–Kier alpha value is -1.87. The van der Waals surface area contributed by atoms with Gasteiger partial charge in [0.05, 0.1) is 18.3 Å². The molecular weight excluding hydrogens is 295 g/mol. The minimum atomic E-state index is -4.38. The maximum absolute atomic E-state index is 12.4. The molecule has 2 N–H and O–H groups in total. The highest BCUT2D eigenvalue weighted by atomic mass is 32.2. The number of nitrogens with two attached hydrogens (primary N) is 1. The van der Waals surface area contributed by atoms with Crippen LogP contribution in [-0.2, 0) is 22.7 Å². The molecule has 0 fully saturated rings. The van der Waals surface area contributed by atoms with Crippen LogP contribution in [0.1, 0.15) is 11.1 Å².